The maximum atomic E-state index is 10.6. The second-order valence-corrected chi connectivity index (χ2v) is 3.30. The SMILES string of the molecule is O=C(O)c1cc(C(O)C(O)CCO)ccn1. The van der Waals surface area contributed by atoms with Crippen molar-refractivity contribution in [3.63, 3.8) is 0 Å². The molecule has 88 valence electrons. The van der Waals surface area contributed by atoms with Gasteiger partial charge in [-0.3, -0.25) is 0 Å². The van der Waals surface area contributed by atoms with Crippen molar-refractivity contribution < 1.29 is 25.2 Å². The summed E-state index contributed by atoms with van der Waals surface area (Å²) in [6, 6.07) is 2.60. The van der Waals surface area contributed by atoms with Crippen LogP contribution in [0, 0.1) is 0 Å². The van der Waals surface area contributed by atoms with E-state index in [1.807, 2.05) is 0 Å². The number of pyridine rings is 1. The second kappa shape index (κ2) is 5.55. The van der Waals surface area contributed by atoms with E-state index in [1.54, 1.807) is 0 Å². The highest BCUT2D eigenvalue weighted by Gasteiger charge is 2.19. The molecule has 0 saturated carbocycles. The van der Waals surface area contributed by atoms with Crippen LogP contribution in [0.15, 0.2) is 18.3 Å². The molecule has 0 amide bonds. The molecule has 0 radical (unpaired) electrons. The summed E-state index contributed by atoms with van der Waals surface area (Å²) in [5.41, 5.74) is 0.0566. The first-order chi connectivity index (χ1) is 7.56. The summed E-state index contributed by atoms with van der Waals surface area (Å²) < 4.78 is 0. The molecule has 4 N–H and O–H groups in total. The first-order valence-electron chi connectivity index (χ1n) is 4.72. The Bertz CT molecular complexity index is 368. The number of carbonyl (C=O) groups is 1. The van der Waals surface area contributed by atoms with Crippen LogP contribution in [0.5, 0.6) is 0 Å². The van der Waals surface area contributed by atoms with Crippen LogP contribution in [0.2, 0.25) is 0 Å². The van der Waals surface area contributed by atoms with Gasteiger partial charge in [0.05, 0.1) is 6.10 Å². The molecule has 1 aromatic heterocycles. The molecule has 0 bridgehead atoms. The van der Waals surface area contributed by atoms with Crippen molar-refractivity contribution in [2.45, 2.75) is 18.6 Å². The van der Waals surface area contributed by atoms with Crippen LogP contribution in [0.25, 0.3) is 0 Å². The standard InChI is InChI=1S/C10H13NO5/c12-4-2-8(13)9(14)6-1-3-11-7(5-6)10(15)16/h1,3,5,8-9,12-14H,2,4H2,(H,15,16). The van der Waals surface area contributed by atoms with Gasteiger partial charge in [-0.05, 0) is 24.1 Å². The molecule has 0 aliphatic heterocycles. The van der Waals surface area contributed by atoms with Gasteiger partial charge in [0, 0.05) is 12.8 Å². The van der Waals surface area contributed by atoms with E-state index in [-0.39, 0.29) is 24.3 Å². The molecular formula is C10H13NO5. The van der Waals surface area contributed by atoms with Crippen molar-refractivity contribution in [1.82, 2.24) is 4.98 Å². The smallest absolute Gasteiger partial charge is 0.354 e. The van der Waals surface area contributed by atoms with E-state index in [2.05, 4.69) is 4.98 Å². The molecule has 16 heavy (non-hydrogen) atoms. The topological polar surface area (TPSA) is 111 Å². The highest BCUT2D eigenvalue weighted by atomic mass is 16.4. The lowest BCUT2D eigenvalue weighted by Gasteiger charge is -2.17. The van der Waals surface area contributed by atoms with Crippen LogP contribution in [0.1, 0.15) is 28.6 Å². The minimum absolute atomic E-state index is 0.0197. The molecule has 6 heteroatoms. The van der Waals surface area contributed by atoms with Crippen LogP contribution in [0.4, 0.5) is 0 Å². The van der Waals surface area contributed by atoms with Gasteiger partial charge in [-0.1, -0.05) is 0 Å². The molecule has 0 aromatic carbocycles. The van der Waals surface area contributed by atoms with Crippen LogP contribution >= 0.6 is 0 Å². The van der Waals surface area contributed by atoms with Crippen molar-refractivity contribution in [3.8, 4) is 0 Å². The minimum atomic E-state index is -1.23. The monoisotopic (exact) mass is 227 g/mol. The zero-order valence-corrected chi connectivity index (χ0v) is 8.45. The fraction of sp³-hybridized carbons (Fsp3) is 0.400. The molecule has 0 spiro atoms. The van der Waals surface area contributed by atoms with Crippen LogP contribution < -0.4 is 0 Å². The number of hydrogen-bond donors (Lipinski definition) is 4. The van der Waals surface area contributed by atoms with Gasteiger partial charge in [0.15, 0.2) is 0 Å². The molecule has 0 aliphatic carbocycles. The third-order valence-corrected chi connectivity index (χ3v) is 2.13. The maximum Gasteiger partial charge on any atom is 0.354 e. The van der Waals surface area contributed by atoms with Crippen molar-refractivity contribution in [2.24, 2.45) is 0 Å². The van der Waals surface area contributed by atoms with E-state index >= 15 is 0 Å². The van der Waals surface area contributed by atoms with Crippen molar-refractivity contribution in [2.75, 3.05) is 6.61 Å². The Labute approximate surface area is 91.8 Å². The highest BCUT2D eigenvalue weighted by molar-refractivity contribution is 5.85. The fourth-order valence-electron chi connectivity index (χ4n) is 1.26. The molecule has 0 fully saturated rings. The Morgan fingerprint density at radius 3 is 2.69 bits per heavy atom. The van der Waals surface area contributed by atoms with Crippen molar-refractivity contribution >= 4 is 5.97 Å². The summed E-state index contributed by atoms with van der Waals surface area (Å²) in [7, 11) is 0. The Morgan fingerprint density at radius 1 is 1.44 bits per heavy atom. The van der Waals surface area contributed by atoms with Gasteiger partial charge in [-0.2, -0.15) is 0 Å². The highest BCUT2D eigenvalue weighted by Crippen LogP contribution is 2.18. The molecule has 0 aliphatic rings. The number of aromatic carboxylic acids is 1. The summed E-state index contributed by atoms with van der Waals surface area (Å²) in [5, 5.41) is 36.4. The summed E-state index contributed by atoms with van der Waals surface area (Å²) in [6.45, 7) is -0.255. The molecule has 1 rings (SSSR count). The Kier molecular flexibility index (Phi) is 4.36. The van der Waals surface area contributed by atoms with E-state index in [0.717, 1.165) is 0 Å². The summed E-state index contributed by atoms with van der Waals surface area (Å²) in [6.07, 6.45) is -1.10. The van der Waals surface area contributed by atoms with Gasteiger partial charge < -0.3 is 20.4 Å². The average molecular weight is 227 g/mol. The van der Waals surface area contributed by atoms with E-state index in [0.29, 0.717) is 0 Å². The van der Waals surface area contributed by atoms with Crippen molar-refractivity contribution in [3.05, 3.63) is 29.6 Å². The third kappa shape index (κ3) is 2.99. The summed E-state index contributed by atoms with van der Waals surface area (Å²) in [4.78, 5) is 14.2. The van der Waals surface area contributed by atoms with E-state index in [4.69, 9.17) is 10.2 Å². The number of rotatable bonds is 5. The zero-order chi connectivity index (χ0) is 12.1. The largest absolute Gasteiger partial charge is 0.477 e. The molecule has 6 nitrogen and oxygen atoms in total. The predicted molar refractivity (Wildman–Crippen MR) is 53.9 cm³/mol. The number of nitrogens with zero attached hydrogens (tertiary/aromatic N) is 1. The van der Waals surface area contributed by atoms with Gasteiger partial charge in [-0.25, -0.2) is 9.78 Å². The molecule has 2 unspecified atom stereocenters. The normalized spacial score (nSPS) is 14.4. The van der Waals surface area contributed by atoms with Crippen LogP contribution in [-0.4, -0.2) is 44.1 Å². The quantitative estimate of drug-likeness (QED) is 0.542. The number of aliphatic hydroxyl groups excluding tert-OH is 3. The summed E-state index contributed by atoms with van der Waals surface area (Å²) in [5.74, 6) is -1.20. The first kappa shape index (κ1) is 12.6. The fourth-order valence-corrected chi connectivity index (χ4v) is 1.26. The van der Waals surface area contributed by atoms with Crippen molar-refractivity contribution in [1.29, 1.82) is 0 Å². The second-order valence-electron chi connectivity index (χ2n) is 3.30. The lowest BCUT2D eigenvalue weighted by molar-refractivity contribution is 0.00410. The lowest BCUT2D eigenvalue weighted by atomic mass is 10.0. The average Bonchev–Trinajstić information content (AvgIpc) is 2.28. The number of carboxylic acids is 1. The number of aliphatic hydroxyl groups is 3. The Balaban J connectivity index is 2.86. The zero-order valence-electron chi connectivity index (χ0n) is 8.45. The van der Waals surface area contributed by atoms with Gasteiger partial charge in [-0.15, -0.1) is 0 Å². The third-order valence-electron chi connectivity index (χ3n) is 2.13. The lowest BCUT2D eigenvalue weighted by Crippen LogP contribution is -2.20. The van der Waals surface area contributed by atoms with Gasteiger partial charge >= 0.3 is 5.97 Å². The van der Waals surface area contributed by atoms with Gasteiger partial charge in [0.1, 0.15) is 11.8 Å². The van der Waals surface area contributed by atoms with E-state index < -0.39 is 18.2 Å². The molecule has 1 heterocycles. The Hall–Kier alpha value is -1.50. The number of carboxylic acid groups (broad SMARTS) is 1. The first-order valence-corrected chi connectivity index (χ1v) is 4.72. The molecule has 2 atom stereocenters. The predicted octanol–water partition coefficient (Wildman–Crippen LogP) is -0.444. The Morgan fingerprint density at radius 2 is 2.12 bits per heavy atom. The minimum Gasteiger partial charge on any atom is -0.477 e. The number of aromatic nitrogens is 1. The van der Waals surface area contributed by atoms with E-state index in [1.165, 1.54) is 18.3 Å². The van der Waals surface area contributed by atoms with Crippen LogP contribution in [0.3, 0.4) is 0 Å². The molecule has 1 aromatic rings. The number of hydrogen-bond acceptors (Lipinski definition) is 5. The molecular weight excluding hydrogens is 214 g/mol. The van der Waals surface area contributed by atoms with Crippen LogP contribution in [-0.2, 0) is 0 Å². The van der Waals surface area contributed by atoms with Gasteiger partial charge in [0.2, 0.25) is 0 Å². The van der Waals surface area contributed by atoms with E-state index in [9.17, 15) is 15.0 Å². The summed E-state index contributed by atoms with van der Waals surface area (Å²) >= 11 is 0. The maximum absolute atomic E-state index is 10.6. The molecule has 0 saturated heterocycles. The van der Waals surface area contributed by atoms with Gasteiger partial charge in [0.25, 0.3) is 0 Å².